The molecule has 8 heteroatoms. The minimum Gasteiger partial charge on any atom is -0.363 e. The summed E-state index contributed by atoms with van der Waals surface area (Å²) in [5.41, 5.74) is -0.482. The lowest BCUT2D eigenvalue weighted by molar-refractivity contribution is -0.0996. The van der Waals surface area contributed by atoms with Gasteiger partial charge in [-0.05, 0) is 17.2 Å². The summed E-state index contributed by atoms with van der Waals surface area (Å²) < 4.78 is 60.2. The maximum absolute atomic E-state index is 13.9. The molecule has 1 N–H and O–H groups in total. The third-order valence-electron chi connectivity index (χ3n) is 4.07. The fourth-order valence-corrected chi connectivity index (χ4v) is 2.93. The highest BCUT2D eigenvalue weighted by Crippen LogP contribution is 2.46. The summed E-state index contributed by atoms with van der Waals surface area (Å²) in [7, 11) is 0. The molecule has 25 heavy (non-hydrogen) atoms. The molecular weight excluding hydrogens is 381 g/mol. The number of alkyl halides is 5. The van der Waals surface area contributed by atoms with Crippen molar-refractivity contribution in [2.24, 2.45) is 0 Å². The number of allylic oxidation sites excluding steroid dienone is 2. The van der Waals surface area contributed by atoms with Crippen LogP contribution in [0.15, 0.2) is 53.6 Å². The van der Waals surface area contributed by atoms with Gasteiger partial charge in [0.1, 0.15) is 6.10 Å². The van der Waals surface area contributed by atoms with Crippen molar-refractivity contribution in [1.82, 2.24) is 5.32 Å². The molecule has 1 aromatic carbocycles. The number of benzene rings is 1. The highest BCUT2D eigenvalue weighted by Gasteiger charge is 2.45. The molecule has 2 unspecified atom stereocenters. The molecule has 1 aliphatic heterocycles. The van der Waals surface area contributed by atoms with Gasteiger partial charge in [-0.15, -0.1) is 12.4 Å². The fraction of sp³-hybridized carbons (Fsp3) is 0.412. The number of hydrogen-bond donors (Lipinski definition) is 1. The first-order valence-electron chi connectivity index (χ1n) is 7.55. The van der Waals surface area contributed by atoms with Crippen LogP contribution < -0.4 is 5.32 Å². The Labute approximate surface area is 154 Å². The molecule has 0 aromatic heterocycles. The zero-order valence-electron chi connectivity index (χ0n) is 13.0. The van der Waals surface area contributed by atoms with Crippen LogP contribution in [-0.2, 0) is 4.74 Å². The van der Waals surface area contributed by atoms with E-state index in [0.717, 1.165) is 12.2 Å². The number of hydrogen-bond acceptors (Lipinski definition) is 2. The van der Waals surface area contributed by atoms with Gasteiger partial charge in [0.25, 0.3) is 0 Å². The van der Waals surface area contributed by atoms with Crippen molar-refractivity contribution in [3.05, 3.63) is 59.2 Å². The molecule has 0 radical (unpaired) electrons. The van der Waals surface area contributed by atoms with Crippen LogP contribution >= 0.6 is 24.0 Å². The molecule has 0 bridgehead atoms. The first kappa shape index (κ1) is 20.2. The van der Waals surface area contributed by atoms with Crippen molar-refractivity contribution in [3.8, 4) is 0 Å². The van der Waals surface area contributed by atoms with Crippen molar-refractivity contribution in [2.75, 3.05) is 13.1 Å². The highest BCUT2D eigenvalue weighted by atomic mass is 35.5. The van der Waals surface area contributed by atoms with E-state index in [2.05, 4.69) is 5.32 Å². The standard InChI is InChI=1S/C17H16ClF4NO.ClH/c18-16(19)7-6-13(14(8-16)17(20,21)22)15(24-12-9-23-10-12)11-4-2-1-3-5-11;/h1-7,12,15,23H,8-10H2;1H. The summed E-state index contributed by atoms with van der Waals surface area (Å²) in [5, 5.41) is 0.479. The van der Waals surface area contributed by atoms with Crippen molar-refractivity contribution in [1.29, 1.82) is 0 Å². The van der Waals surface area contributed by atoms with Crippen LogP contribution in [0.1, 0.15) is 18.1 Å². The van der Waals surface area contributed by atoms with Crippen LogP contribution in [0.5, 0.6) is 0 Å². The second kappa shape index (κ2) is 7.66. The summed E-state index contributed by atoms with van der Waals surface area (Å²) in [4.78, 5) is 0. The lowest BCUT2D eigenvalue weighted by atomic mass is 9.89. The van der Waals surface area contributed by atoms with E-state index in [-0.39, 0.29) is 24.1 Å². The van der Waals surface area contributed by atoms with Gasteiger partial charge < -0.3 is 10.1 Å². The lowest BCUT2D eigenvalue weighted by Crippen LogP contribution is -2.49. The second-order valence-corrected chi connectivity index (χ2v) is 6.54. The van der Waals surface area contributed by atoms with Crippen molar-refractivity contribution in [2.45, 2.75) is 29.9 Å². The third-order valence-corrected chi connectivity index (χ3v) is 4.33. The second-order valence-electron chi connectivity index (χ2n) is 5.91. The first-order valence-corrected chi connectivity index (χ1v) is 7.92. The molecule has 2 aliphatic rings. The van der Waals surface area contributed by atoms with Crippen LogP contribution in [0.4, 0.5) is 17.6 Å². The van der Waals surface area contributed by atoms with Gasteiger partial charge in [0.15, 0.2) is 0 Å². The SMILES string of the molecule is Cl.FC1(Cl)C=CC(C(OC2CNC2)c2ccccc2)=C(C(F)(F)F)C1. The molecular formula is C17H17Cl2F4NO. The third kappa shape index (κ3) is 4.76. The summed E-state index contributed by atoms with van der Waals surface area (Å²) in [6.07, 6.45) is -4.65. The fourth-order valence-electron chi connectivity index (χ4n) is 2.73. The smallest absolute Gasteiger partial charge is 0.363 e. The molecule has 0 saturated carbocycles. The molecule has 0 amide bonds. The molecule has 2 atom stereocenters. The normalized spacial score (nSPS) is 25.3. The van der Waals surface area contributed by atoms with E-state index in [1.54, 1.807) is 30.3 Å². The monoisotopic (exact) mass is 397 g/mol. The van der Waals surface area contributed by atoms with E-state index in [1.165, 1.54) is 0 Å². The van der Waals surface area contributed by atoms with Crippen molar-refractivity contribution < 1.29 is 22.3 Å². The molecule has 1 fully saturated rings. The zero-order valence-corrected chi connectivity index (χ0v) is 14.6. The van der Waals surface area contributed by atoms with E-state index in [9.17, 15) is 17.6 Å². The van der Waals surface area contributed by atoms with Gasteiger partial charge in [-0.25, -0.2) is 4.39 Å². The maximum Gasteiger partial charge on any atom is 0.413 e. The van der Waals surface area contributed by atoms with Crippen molar-refractivity contribution >= 4 is 24.0 Å². The Bertz CT molecular complexity index is 654. The Hall–Kier alpha value is -1.08. The molecule has 2 nitrogen and oxygen atoms in total. The molecule has 138 valence electrons. The van der Waals surface area contributed by atoms with E-state index in [4.69, 9.17) is 16.3 Å². The van der Waals surface area contributed by atoms with E-state index in [1.807, 2.05) is 0 Å². The minimum absolute atomic E-state index is 0. The number of ether oxygens (including phenoxy) is 1. The average molecular weight is 398 g/mol. The Balaban J connectivity index is 0.00000225. The highest BCUT2D eigenvalue weighted by molar-refractivity contribution is 6.24. The summed E-state index contributed by atoms with van der Waals surface area (Å²) >= 11 is 5.49. The Morgan fingerprint density at radius 3 is 2.36 bits per heavy atom. The molecule has 1 aliphatic carbocycles. The van der Waals surface area contributed by atoms with Gasteiger partial charge in [0.05, 0.1) is 6.10 Å². The average Bonchev–Trinajstić information content (AvgIpc) is 2.46. The van der Waals surface area contributed by atoms with Crippen LogP contribution in [0.3, 0.4) is 0 Å². The topological polar surface area (TPSA) is 21.3 Å². The van der Waals surface area contributed by atoms with E-state index >= 15 is 0 Å². The summed E-state index contributed by atoms with van der Waals surface area (Å²) in [6, 6.07) is 8.62. The molecule has 0 spiro atoms. The predicted octanol–water partition coefficient (Wildman–Crippen LogP) is 4.86. The van der Waals surface area contributed by atoms with Crippen LogP contribution in [0, 0.1) is 0 Å². The minimum atomic E-state index is -4.68. The summed E-state index contributed by atoms with van der Waals surface area (Å²) in [6.45, 7) is 1.15. The van der Waals surface area contributed by atoms with Gasteiger partial charge in [-0.1, -0.05) is 48.0 Å². The summed E-state index contributed by atoms with van der Waals surface area (Å²) in [5.74, 6) is 0. The predicted molar refractivity (Wildman–Crippen MR) is 90.7 cm³/mol. The molecule has 3 rings (SSSR count). The molecule has 1 saturated heterocycles. The van der Waals surface area contributed by atoms with Crippen LogP contribution in [-0.4, -0.2) is 30.5 Å². The van der Waals surface area contributed by atoms with E-state index in [0.29, 0.717) is 18.7 Å². The van der Waals surface area contributed by atoms with Gasteiger partial charge in [-0.3, -0.25) is 0 Å². The lowest BCUT2D eigenvalue weighted by Gasteiger charge is -2.35. The molecule has 1 heterocycles. The van der Waals surface area contributed by atoms with Gasteiger partial charge in [0, 0.05) is 25.1 Å². The van der Waals surface area contributed by atoms with Crippen LogP contribution in [0.2, 0.25) is 0 Å². The first-order chi connectivity index (χ1) is 11.3. The number of nitrogens with one attached hydrogen (secondary N) is 1. The quantitative estimate of drug-likeness (QED) is 0.578. The maximum atomic E-state index is 13.9. The van der Waals surface area contributed by atoms with Gasteiger partial charge >= 0.3 is 6.18 Å². The molecule has 1 aromatic rings. The van der Waals surface area contributed by atoms with Crippen molar-refractivity contribution in [3.63, 3.8) is 0 Å². The zero-order chi connectivity index (χ0) is 17.4. The largest absolute Gasteiger partial charge is 0.413 e. The van der Waals surface area contributed by atoms with Gasteiger partial charge in [-0.2, -0.15) is 13.2 Å². The van der Waals surface area contributed by atoms with Crippen LogP contribution in [0.25, 0.3) is 0 Å². The Morgan fingerprint density at radius 2 is 1.84 bits per heavy atom. The van der Waals surface area contributed by atoms with Gasteiger partial charge in [0.2, 0.25) is 5.13 Å². The Morgan fingerprint density at radius 1 is 1.20 bits per heavy atom. The Kier molecular flexibility index (Phi) is 6.20. The van der Waals surface area contributed by atoms with E-state index < -0.39 is 29.4 Å². The number of halogens is 6. The number of rotatable bonds is 4.